The Morgan fingerprint density at radius 1 is 1.14 bits per heavy atom. The van der Waals surface area contributed by atoms with Crippen LogP contribution in [0.2, 0.25) is 0 Å². The molecule has 0 spiro atoms. The van der Waals surface area contributed by atoms with E-state index in [0.29, 0.717) is 25.5 Å². The van der Waals surface area contributed by atoms with E-state index in [1.54, 1.807) is 22.7 Å². The SMILES string of the molecule is NC(=O)C1CN(c2nc(-c3ccsc3)nc3scc(-c4ccccc4)c23)CCO1. The zero-order valence-corrected chi connectivity index (χ0v) is 17.1. The molecular weight excluding hydrogens is 404 g/mol. The number of nitrogens with zero attached hydrogens (tertiary/aromatic N) is 3. The molecule has 1 amide bonds. The molecule has 0 aliphatic carbocycles. The Morgan fingerprint density at radius 2 is 2.00 bits per heavy atom. The lowest BCUT2D eigenvalue weighted by molar-refractivity contribution is -0.130. The molecule has 4 aromatic rings. The third-order valence-corrected chi connectivity index (χ3v) is 6.52. The highest BCUT2D eigenvalue weighted by molar-refractivity contribution is 7.17. The second-order valence-corrected chi connectivity index (χ2v) is 8.42. The molecule has 3 aromatic heterocycles. The molecule has 1 aliphatic rings. The van der Waals surface area contributed by atoms with Crippen molar-refractivity contribution >= 4 is 44.6 Å². The Balaban J connectivity index is 1.70. The monoisotopic (exact) mass is 422 g/mol. The van der Waals surface area contributed by atoms with E-state index in [2.05, 4.69) is 22.4 Å². The van der Waals surface area contributed by atoms with Gasteiger partial charge in [0.15, 0.2) is 11.9 Å². The number of aromatic nitrogens is 2. The van der Waals surface area contributed by atoms with Crippen LogP contribution in [0.5, 0.6) is 0 Å². The molecule has 1 atom stereocenters. The van der Waals surface area contributed by atoms with E-state index in [-0.39, 0.29) is 0 Å². The van der Waals surface area contributed by atoms with Crippen molar-refractivity contribution in [2.75, 3.05) is 24.6 Å². The minimum Gasteiger partial charge on any atom is -0.367 e. The van der Waals surface area contributed by atoms with Crippen LogP contribution in [0.1, 0.15) is 0 Å². The Bertz CT molecular complexity index is 1160. The fourth-order valence-corrected chi connectivity index (χ4v) is 5.09. The molecule has 6 nitrogen and oxygen atoms in total. The van der Waals surface area contributed by atoms with Gasteiger partial charge in [-0.05, 0) is 17.0 Å². The maximum Gasteiger partial charge on any atom is 0.248 e. The molecule has 5 rings (SSSR count). The highest BCUT2D eigenvalue weighted by atomic mass is 32.1. The number of nitrogens with two attached hydrogens (primary N) is 1. The molecule has 4 heterocycles. The molecule has 8 heteroatoms. The van der Waals surface area contributed by atoms with Gasteiger partial charge in [-0.25, -0.2) is 9.97 Å². The van der Waals surface area contributed by atoms with Crippen LogP contribution in [0.3, 0.4) is 0 Å². The zero-order valence-electron chi connectivity index (χ0n) is 15.4. The van der Waals surface area contributed by atoms with Gasteiger partial charge in [-0.2, -0.15) is 11.3 Å². The van der Waals surface area contributed by atoms with Gasteiger partial charge in [0.2, 0.25) is 5.91 Å². The molecule has 0 saturated carbocycles. The van der Waals surface area contributed by atoms with Crippen LogP contribution in [-0.4, -0.2) is 41.7 Å². The minimum absolute atomic E-state index is 0.384. The van der Waals surface area contributed by atoms with Crippen LogP contribution < -0.4 is 10.6 Å². The maximum atomic E-state index is 11.7. The van der Waals surface area contributed by atoms with E-state index >= 15 is 0 Å². The number of hydrogen-bond acceptors (Lipinski definition) is 7. The Kier molecular flexibility index (Phi) is 4.75. The second-order valence-electron chi connectivity index (χ2n) is 6.79. The lowest BCUT2D eigenvalue weighted by Crippen LogP contribution is -2.48. The first kappa shape index (κ1) is 18.2. The minimum atomic E-state index is -0.642. The molecule has 146 valence electrons. The lowest BCUT2D eigenvalue weighted by atomic mass is 10.1. The standard InChI is InChI=1S/C21H18N4O2S2/c22-18(26)16-10-25(7-8-27-16)20-17-15(13-4-2-1-3-5-13)12-29-21(17)24-19(23-20)14-6-9-28-11-14/h1-6,9,11-12,16H,7-8,10H2,(H2,22,26). The summed E-state index contributed by atoms with van der Waals surface area (Å²) in [5, 5.41) is 7.19. The van der Waals surface area contributed by atoms with E-state index in [0.717, 1.165) is 32.7 Å². The molecule has 2 N–H and O–H groups in total. The van der Waals surface area contributed by atoms with E-state index in [1.807, 2.05) is 35.0 Å². The molecule has 1 aromatic carbocycles. The third kappa shape index (κ3) is 3.39. The quantitative estimate of drug-likeness (QED) is 0.541. The lowest BCUT2D eigenvalue weighted by Gasteiger charge is -2.32. The number of carbonyl (C=O) groups excluding carboxylic acids is 1. The summed E-state index contributed by atoms with van der Waals surface area (Å²) in [5.41, 5.74) is 8.72. The summed E-state index contributed by atoms with van der Waals surface area (Å²) in [5.74, 6) is 1.06. The number of morpholine rings is 1. The van der Waals surface area contributed by atoms with Gasteiger partial charge in [0.05, 0.1) is 18.5 Å². The first-order chi connectivity index (χ1) is 14.2. The van der Waals surface area contributed by atoms with Crippen LogP contribution >= 0.6 is 22.7 Å². The molecule has 1 unspecified atom stereocenters. The largest absolute Gasteiger partial charge is 0.367 e. The van der Waals surface area contributed by atoms with Crippen LogP contribution in [0.4, 0.5) is 5.82 Å². The van der Waals surface area contributed by atoms with Crippen molar-refractivity contribution in [2.45, 2.75) is 6.10 Å². The fraction of sp³-hybridized carbons (Fsp3) is 0.190. The number of anilines is 1. The number of benzene rings is 1. The van der Waals surface area contributed by atoms with Crippen LogP contribution in [0.15, 0.2) is 52.5 Å². The molecule has 1 fully saturated rings. The molecular formula is C21H18N4O2S2. The van der Waals surface area contributed by atoms with Crippen molar-refractivity contribution in [1.82, 2.24) is 9.97 Å². The van der Waals surface area contributed by atoms with E-state index in [9.17, 15) is 4.79 Å². The predicted octanol–water partition coefficient (Wildman–Crippen LogP) is 3.78. The maximum absolute atomic E-state index is 11.7. The summed E-state index contributed by atoms with van der Waals surface area (Å²) in [6.45, 7) is 1.45. The summed E-state index contributed by atoms with van der Waals surface area (Å²) in [7, 11) is 0. The van der Waals surface area contributed by atoms with Crippen molar-refractivity contribution in [3.8, 4) is 22.5 Å². The Labute approximate surface area is 175 Å². The second kappa shape index (κ2) is 7.55. The number of amides is 1. The van der Waals surface area contributed by atoms with Gasteiger partial charge in [0.25, 0.3) is 0 Å². The Hall–Kier alpha value is -2.81. The number of primary amides is 1. The number of hydrogen-bond donors (Lipinski definition) is 1. The fourth-order valence-electron chi connectivity index (χ4n) is 3.52. The number of rotatable bonds is 4. The molecule has 29 heavy (non-hydrogen) atoms. The average molecular weight is 423 g/mol. The summed E-state index contributed by atoms with van der Waals surface area (Å²) in [6.07, 6.45) is -0.642. The highest BCUT2D eigenvalue weighted by Crippen LogP contribution is 2.40. The average Bonchev–Trinajstić information content (AvgIpc) is 3.44. The van der Waals surface area contributed by atoms with Crippen molar-refractivity contribution in [1.29, 1.82) is 0 Å². The van der Waals surface area contributed by atoms with Crippen LogP contribution in [-0.2, 0) is 9.53 Å². The number of thiophene rings is 2. The van der Waals surface area contributed by atoms with Crippen LogP contribution in [0, 0.1) is 0 Å². The molecule has 1 aliphatic heterocycles. The van der Waals surface area contributed by atoms with Crippen molar-refractivity contribution in [3.63, 3.8) is 0 Å². The summed E-state index contributed by atoms with van der Waals surface area (Å²) in [4.78, 5) is 24.5. The highest BCUT2D eigenvalue weighted by Gasteiger charge is 2.28. The predicted molar refractivity (Wildman–Crippen MR) is 117 cm³/mol. The number of ether oxygens (including phenoxy) is 1. The summed E-state index contributed by atoms with van der Waals surface area (Å²) < 4.78 is 5.55. The summed E-state index contributed by atoms with van der Waals surface area (Å²) in [6, 6.07) is 12.2. The number of carbonyl (C=O) groups is 1. The van der Waals surface area contributed by atoms with Gasteiger partial charge in [0, 0.05) is 28.4 Å². The van der Waals surface area contributed by atoms with Gasteiger partial charge in [-0.1, -0.05) is 30.3 Å². The smallest absolute Gasteiger partial charge is 0.248 e. The van der Waals surface area contributed by atoms with E-state index in [4.69, 9.17) is 20.4 Å². The summed E-state index contributed by atoms with van der Waals surface area (Å²) >= 11 is 3.22. The van der Waals surface area contributed by atoms with E-state index < -0.39 is 12.0 Å². The third-order valence-electron chi connectivity index (χ3n) is 4.96. The first-order valence-corrected chi connectivity index (χ1v) is 11.1. The van der Waals surface area contributed by atoms with Gasteiger partial charge < -0.3 is 15.4 Å². The molecule has 0 radical (unpaired) electrons. The zero-order chi connectivity index (χ0) is 19.8. The van der Waals surface area contributed by atoms with Crippen molar-refractivity contribution < 1.29 is 9.53 Å². The van der Waals surface area contributed by atoms with Gasteiger partial charge in [-0.3, -0.25) is 4.79 Å². The van der Waals surface area contributed by atoms with E-state index in [1.165, 1.54) is 0 Å². The normalized spacial score (nSPS) is 17.0. The van der Waals surface area contributed by atoms with Crippen molar-refractivity contribution in [2.24, 2.45) is 5.73 Å². The van der Waals surface area contributed by atoms with Gasteiger partial charge in [-0.15, -0.1) is 11.3 Å². The molecule has 0 bridgehead atoms. The molecule has 1 saturated heterocycles. The van der Waals surface area contributed by atoms with Crippen molar-refractivity contribution in [3.05, 3.63) is 52.5 Å². The Morgan fingerprint density at radius 3 is 2.76 bits per heavy atom. The van der Waals surface area contributed by atoms with Gasteiger partial charge >= 0.3 is 0 Å². The number of fused-ring (bicyclic) bond motifs is 1. The van der Waals surface area contributed by atoms with Crippen LogP contribution in [0.25, 0.3) is 32.7 Å². The van der Waals surface area contributed by atoms with Gasteiger partial charge in [0.1, 0.15) is 10.6 Å². The topological polar surface area (TPSA) is 81.3 Å². The first-order valence-electron chi connectivity index (χ1n) is 9.24.